The molecule has 0 saturated heterocycles. The summed E-state index contributed by atoms with van der Waals surface area (Å²) < 4.78 is 0. The first kappa shape index (κ1) is 19.9. The molecule has 0 aliphatic heterocycles. The molecule has 0 aliphatic rings. The highest BCUT2D eigenvalue weighted by molar-refractivity contribution is 4.65. The third-order valence-corrected chi connectivity index (χ3v) is 3.59. The maximum Gasteiger partial charge on any atom is 0.0109 e. The van der Waals surface area contributed by atoms with Crippen molar-refractivity contribution in [3.8, 4) is 0 Å². The Balaban J connectivity index is 3.77. The third-order valence-electron chi connectivity index (χ3n) is 3.59. The monoisotopic (exact) mass is 285 g/mol. The van der Waals surface area contributed by atoms with E-state index in [1.165, 1.54) is 51.9 Å². The highest BCUT2D eigenvalue weighted by atomic mass is 15.2. The van der Waals surface area contributed by atoms with Gasteiger partial charge < -0.3 is 15.1 Å². The van der Waals surface area contributed by atoms with Crippen LogP contribution in [0.25, 0.3) is 0 Å². The molecule has 122 valence electrons. The van der Waals surface area contributed by atoms with E-state index in [1.54, 1.807) is 0 Å². The molecule has 0 aromatic rings. The second-order valence-corrected chi connectivity index (χ2v) is 6.85. The van der Waals surface area contributed by atoms with Gasteiger partial charge in [-0.2, -0.15) is 0 Å². The first-order chi connectivity index (χ1) is 9.45. The summed E-state index contributed by atoms with van der Waals surface area (Å²) in [6, 6.07) is 0.676. The Kier molecular flexibility index (Phi) is 12.5. The van der Waals surface area contributed by atoms with E-state index < -0.39 is 0 Å². The summed E-state index contributed by atoms with van der Waals surface area (Å²) in [6.45, 7) is 15.2. The second kappa shape index (κ2) is 12.6. The molecule has 0 spiro atoms. The van der Waals surface area contributed by atoms with Crippen LogP contribution in [0.4, 0.5) is 0 Å². The quantitative estimate of drug-likeness (QED) is 0.525. The van der Waals surface area contributed by atoms with Gasteiger partial charge in [0, 0.05) is 25.7 Å². The van der Waals surface area contributed by atoms with Crippen molar-refractivity contribution in [2.75, 3.05) is 46.8 Å². The molecule has 3 nitrogen and oxygen atoms in total. The fourth-order valence-corrected chi connectivity index (χ4v) is 2.43. The predicted octanol–water partition coefficient (Wildman–Crippen LogP) is 3.06. The standard InChI is InChI=1S/C17H39N3/c1-7-11-18-17(4)10-8-9-12-20(15-16(2)3)14-13-19(5)6/h16-18H,7-15H2,1-6H3. The Labute approximate surface area is 128 Å². The molecule has 1 N–H and O–H groups in total. The molecule has 20 heavy (non-hydrogen) atoms. The van der Waals surface area contributed by atoms with Gasteiger partial charge in [-0.15, -0.1) is 0 Å². The van der Waals surface area contributed by atoms with Crippen LogP contribution in [0, 0.1) is 5.92 Å². The number of hydrogen-bond acceptors (Lipinski definition) is 3. The van der Waals surface area contributed by atoms with Gasteiger partial charge in [0.1, 0.15) is 0 Å². The average Bonchev–Trinajstić information content (AvgIpc) is 2.37. The van der Waals surface area contributed by atoms with Crippen LogP contribution in [0.3, 0.4) is 0 Å². The Morgan fingerprint density at radius 1 is 0.950 bits per heavy atom. The van der Waals surface area contributed by atoms with Crippen LogP contribution < -0.4 is 5.32 Å². The van der Waals surface area contributed by atoms with E-state index in [0.29, 0.717) is 6.04 Å². The minimum atomic E-state index is 0.676. The maximum atomic E-state index is 3.57. The first-order valence-corrected chi connectivity index (χ1v) is 8.56. The SMILES string of the molecule is CCCNC(C)CCCCN(CCN(C)C)CC(C)C. The highest BCUT2D eigenvalue weighted by Crippen LogP contribution is 2.05. The highest BCUT2D eigenvalue weighted by Gasteiger charge is 2.08. The number of nitrogens with zero attached hydrogens (tertiary/aromatic N) is 2. The van der Waals surface area contributed by atoms with Crippen LogP contribution in [-0.2, 0) is 0 Å². The molecule has 0 saturated carbocycles. The van der Waals surface area contributed by atoms with Crippen LogP contribution in [0.5, 0.6) is 0 Å². The molecular weight excluding hydrogens is 246 g/mol. The maximum absolute atomic E-state index is 3.57. The van der Waals surface area contributed by atoms with Crippen LogP contribution >= 0.6 is 0 Å². The zero-order valence-corrected chi connectivity index (χ0v) is 14.9. The van der Waals surface area contributed by atoms with E-state index in [1.807, 2.05) is 0 Å². The molecule has 3 heteroatoms. The van der Waals surface area contributed by atoms with Gasteiger partial charge in [0.25, 0.3) is 0 Å². The first-order valence-electron chi connectivity index (χ1n) is 8.56. The molecule has 0 aromatic heterocycles. The van der Waals surface area contributed by atoms with Gasteiger partial charge in [-0.05, 0) is 59.3 Å². The van der Waals surface area contributed by atoms with Crippen LogP contribution in [0.2, 0.25) is 0 Å². The van der Waals surface area contributed by atoms with Gasteiger partial charge in [0.05, 0.1) is 0 Å². The zero-order valence-electron chi connectivity index (χ0n) is 14.9. The van der Waals surface area contributed by atoms with E-state index >= 15 is 0 Å². The predicted molar refractivity (Wildman–Crippen MR) is 91.4 cm³/mol. The van der Waals surface area contributed by atoms with Crippen molar-refractivity contribution in [3.63, 3.8) is 0 Å². The fourth-order valence-electron chi connectivity index (χ4n) is 2.43. The minimum absolute atomic E-state index is 0.676. The Bertz CT molecular complexity index is 204. The minimum Gasteiger partial charge on any atom is -0.314 e. The van der Waals surface area contributed by atoms with Gasteiger partial charge in [-0.3, -0.25) is 0 Å². The van der Waals surface area contributed by atoms with Gasteiger partial charge in [0.2, 0.25) is 0 Å². The second-order valence-electron chi connectivity index (χ2n) is 6.85. The molecule has 0 bridgehead atoms. The lowest BCUT2D eigenvalue weighted by Gasteiger charge is -2.26. The van der Waals surface area contributed by atoms with Crippen molar-refractivity contribution in [2.45, 2.75) is 59.4 Å². The van der Waals surface area contributed by atoms with Crippen molar-refractivity contribution in [2.24, 2.45) is 5.92 Å². The van der Waals surface area contributed by atoms with Crippen LogP contribution in [0.15, 0.2) is 0 Å². The molecule has 0 radical (unpaired) electrons. The third kappa shape index (κ3) is 12.9. The van der Waals surface area contributed by atoms with E-state index in [0.717, 1.165) is 12.5 Å². The lowest BCUT2D eigenvalue weighted by atomic mass is 10.1. The summed E-state index contributed by atoms with van der Waals surface area (Å²) in [6.07, 6.45) is 5.22. The number of hydrogen-bond donors (Lipinski definition) is 1. The smallest absolute Gasteiger partial charge is 0.0109 e. The van der Waals surface area contributed by atoms with Gasteiger partial charge in [-0.1, -0.05) is 27.2 Å². The normalized spacial score (nSPS) is 13.7. The Morgan fingerprint density at radius 2 is 1.65 bits per heavy atom. The molecule has 0 amide bonds. The number of nitrogens with one attached hydrogen (secondary N) is 1. The lowest BCUT2D eigenvalue weighted by molar-refractivity contribution is 0.214. The average molecular weight is 286 g/mol. The zero-order chi connectivity index (χ0) is 15.4. The fraction of sp³-hybridized carbons (Fsp3) is 1.00. The molecule has 1 unspecified atom stereocenters. The summed E-state index contributed by atoms with van der Waals surface area (Å²) >= 11 is 0. The molecule has 0 aromatic carbocycles. The van der Waals surface area contributed by atoms with E-state index in [9.17, 15) is 0 Å². The number of unbranched alkanes of at least 4 members (excludes halogenated alkanes) is 1. The largest absolute Gasteiger partial charge is 0.314 e. The summed E-state index contributed by atoms with van der Waals surface area (Å²) in [4.78, 5) is 4.92. The van der Waals surface area contributed by atoms with Crippen LogP contribution in [-0.4, -0.2) is 62.7 Å². The summed E-state index contributed by atoms with van der Waals surface area (Å²) in [5.74, 6) is 0.766. The van der Waals surface area contributed by atoms with E-state index in [4.69, 9.17) is 0 Å². The summed E-state index contributed by atoms with van der Waals surface area (Å²) in [5.41, 5.74) is 0. The van der Waals surface area contributed by atoms with Crippen molar-refractivity contribution in [3.05, 3.63) is 0 Å². The number of likely N-dealkylation sites (N-methyl/N-ethyl adjacent to an activating group) is 1. The summed E-state index contributed by atoms with van der Waals surface area (Å²) in [7, 11) is 4.32. The van der Waals surface area contributed by atoms with Crippen LogP contribution in [0.1, 0.15) is 53.4 Å². The molecule has 0 fully saturated rings. The van der Waals surface area contributed by atoms with Crippen molar-refractivity contribution >= 4 is 0 Å². The lowest BCUT2D eigenvalue weighted by Crippen LogP contribution is -2.35. The van der Waals surface area contributed by atoms with Crippen molar-refractivity contribution in [1.29, 1.82) is 0 Å². The van der Waals surface area contributed by atoms with Crippen molar-refractivity contribution in [1.82, 2.24) is 15.1 Å². The molecular formula is C17H39N3. The molecule has 0 rings (SSSR count). The topological polar surface area (TPSA) is 18.5 Å². The Morgan fingerprint density at radius 3 is 2.20 bits per heavy atom. The Hall–Kier alpha value is -0.120. The van der Waals surface area contributed by atoms with E-state index in [-0.39, 0.29) is 0 Å². The van der Waals surface area contributed by atoms with Gasteiger partial charge >= 0.3 is 0 Å². The molecule has 1 atom stereocenters. The molecule has 0 aliphatic carbocycles. The molecule has 0 heterocycles. The van der Waals surface area contributed by atoms with Crippen molar-refractivity contribution < 1.29 is 0 Å². The number of rotatable bonds is 13. The summed E-state index contributed by atoms with van der Waals surface area (Å²) in [5, 5.41) is 3.57. The van der Waals surface area contributed by atoms with Gasteiger partial charge in [-0.25, -0.2) is 0 Å². The van der Waals surface area contributed by atoms with Gasteiger partial charge in [0.15, 0.2) is 0 Å². The van der Waals surface area contributed by atoms with E-state index in [2.05, 4.69) is 56.9 Å².